The van der Waals surface area contributed by atoms with Crippen LogP contribution in [0.15, 0.2) is 6.33 Å². The molecule has 1 saturated heterocycles. The molecular formula is C12H18N4O2. The molecule has 18 heavy (non-hydrogen) atoms. The normalized spacial score (nSPS) is 27.9. The van der Waals surface area contributed by atoms with Crippen LogP contribution >= 0.6 is 0 Å². The Bertz CT molecular complexity index is 445. The number of piperidine rings is 1. The largest absolute Gasteiger partial charge is 0.391 e. The Morgan fingerprint density at radius 1 is 1.56 bits per heavy atom. The van der Waals surface area contributed by atoms with Gasteiger partial charge in [-0.2, -0.15) is 0 Å². The topological polar surface area (TPSA) is 81.2 Å². The number of aromatic amines is 1. The number of hydrogen-bond acceptors (Lipinski definition) is 4. The zero-order chi connectivity index (χ0) is 12.5. The third-order valence-corrected chi connectivity index (χ3v) is 3.74. The molecule has 6 heteroatoms. The van der Waals surface area contributed by atoms with E-state index in [0.717, 1.165) is 30.8 Å². The molecule has 0 saturated carbocycles. The van der Waals surface area contributed by atoms with Crippen molar-refractivity contribution in [3.63, 3.8) is 0 Å². The van der Waals surface area contributed by atoms with Crippen molar-refractivity contribution in [3.8, 4) is 0 Å². The molecule has 98 valence electrons. The van der Waals surface area contributed by atoms with E-state index in [1.807, 2.05) is 0 Å². The molecule has 3 N–H and O–H groups in total. The number of β-amino-alcohol motifs (C(OH)–C–C–N with tert-alkyl or cyclic N) is 1. The molecule has 0 aliphatic carbocycles. The summed E-state index contributed by atoms with van der Waals surface area (Å²) in [6.07, 6.45) is 3.61. The van der Waals surface area contributed by atoms with Gasteiger partial charge in [0.25, 0.3) is 0 Å². The van der Waals surface area contributed by atoms with Gasteiger partial charge in [0.05, 0.1) is 29.9 Å². The summed E-state index contributed by atoms with van der Waals surface area (Å²) >= 11 is 0. The number of carbonyl (C=O) groups is 1. The van der Waals surface area contributed by atoms with E-state index < -0.39 is 0 Å². The van der Waals surface area contributed by atoms with Crippen LogP contribution in [0, 0.1) is 0 Å². The predicted molar refractivity (Wildman–Crippen MR) is 64.7 cm³/mol. The lowest BCUT2D eigenvalue weighted by atomic mass is 10.0. The minimum Gasteiger partial charge on any atom is -0.391 e. The van der Waals surface area contributed by atoms with E-state index in [0.29, 0.717) is 19.5 Å². The number of likely N-dealkylation sites (tertiary alicyclic amines) is 1. The number of carbonyl (C=O) groups excluding carboxylic acids is 1. The molecular weight excluding hydrogens is 232 g/mol. The molecule has 2 aliphatic rings. The SMILES string of the molecule is O=C(C1Cc2nc[nH]c2CN1)N1CCCC(O)C1. The van der Waals surface area contributed by atoms with Gasteiger partial charge >= 0.3 is 0 Å². The number of rotatable bonds is 1. The maximum atomic E-state index is 12.3. The fourth-order valence-electron chi connectivity index (χ4n) is 2.72. The molecule has 3 heterocycles. The number of hydrogen-bond donors (Lipinski definition) is 3. The maximum absolute atomic E-state index is 12.3. The van der Waals surface area contributed by atoms with E-state index in [9.17, 15) is 9.90 Å². The zero-order valence-corrected chi connectivity index (χ0v) is 10.2. The van der Waals surface area contributed by atoms with E-state index in [-0.39, 0.29) is 18.1 Å². The fourth-order valence-corrected chi connectivity index (χ4v) is 2.72. The Hall–Kier alpha value is -1.40. The molecule has 0 aromatic carbocycles. The first kappa shape index (κ1) is 11.7. The second kappa shape index (κ2) is 4.70. The van der Waals surface area contributed by atoms with E-state index in [2.05, 4.69) is 15.3 Å². The Morgan fingerprint density at radius 2 is 2.44 bits per heavy atom. The molecule has 1 aromatic rings. The molecule has 1 fully saturated rings. The van der Waals surface area contributed by atoms with E-state index in [1.165, 1.54) is 0 Å². The smallest absolute Gasteiger partial charge is 0.240 e. The third-order valence-electron chi connectivity index (χ3n) is 3.74. The van der Waals surface area contributed by atoms with Crippen LogP contribution in [0.1, 0.15) is 24.2 Å². The highest BCUT2D eigenvalue weighted by Crippen LogP contribution is 2.16. The van der Waals surface area contributed by atoms with Crippen LogP contribution in [0.4, 0.5) is 0 Å². The molecule has 3 rings (SSSR count). The summed E-state index contributed by atoms with van der Waals surface area (Å²) < 4.78 is 0. The molecule has 0 radical (unpaired) electrons. The minimum absolute atomic E-state index is 0.0856. The number of aromatic nitrogens is 2. The Morgan fingerprint density at radius 3 is 3.28 bits per heavy atom. The van der Waals surface area contributed by atoms with Gasteiger partial charge in [0, 0.05) is 26.1 Å². The van der Waals surface area contributed by atoms with Crippen LogP contribution in [-0.4, -0.2) is 51.1 Å². The van der Waals surface area contributed by atoms with Crippen molar-refractivity contribution in [1.82, 2.24) is 20.2 Å². The second-order valence-corrected chi connectivity index (χ2v) is 5.05. The van der Waals surface area contributed by atoms with Crippen molar-refractivity contribution >= 4 is 5.91 Å². The fraction of sp³-hybridized carbons (Fsp3) is 0.667. The van der Waals surface area contributed by atoms with Crippen LogP contribution < -0.4 is 5.32 Å². The van der Waals surface area contributed by atoms with Gasteiger partial charge in [-0.05, 0) is 12.8 Å². The van der Waals surface area contributed by atoms with E-state index in [1.54, 1.807) is 11.2 Å². The number of nitrogens with one attached hydrogen (secondary N) is 2. The summed E-state index contributed by atoms with van der Waals surface area (Å²) in [6, 6.07) is -0.203. The van der Waals surface area contributed by atoms with Gasteiger partial charge in [0.15, 0.2) is 0 Å². The average molecular weight is 250 g/mol. The lowest BCUT2D eigenvalue weighted by Gasteiger charge is -2.34. The standard InChI is InChI=1S/C12H18N4O2/c17-8-2-1-3-16(6-8)12(18)10-4-9-11(5-13-10)15-7-14-9/h7-8,10,13,17H,1-6H2,(H,14,15). The van der Waals surface area contributed by atoms with Crippen molar-refractivity contribution < 1.29 is 9.90 Å². The van der Waals surface area contributed by atoms with Crippen molar-refractivity contribution in [2.75, 3.05) is 13.1 Å². The van der Waals surface area contributed by atoms with Crippen molar-refractivity contribution in [1.29, 1.82) is 0 Å². The third kappa shape index (κ3) is 2.13. The van der Waals surface area contributed by atoms with Gasteiger partial charge < -0.3 is 15.0 Å². The van der Waals surface area contributed by atoms with Crippen molar-refractivity contribution in [3.05, 3.63) is 17.7 Å². The molecule has 2 unspecified atom stereocenters. The molecule has 2 aliphatic heterocycles. The van der Waals surface area contributed by atoms with Crippen LogP contribution in [-0.2, 0) is 17.8 Å². The summed E-state index contributed by atoms with van der Waals surface area (Å²) in [5.41, 5.74) is 2.04. The predicted octanol–water partition coefficient (Wildman–Crippen LogP) is -0.593. The second-order valence-electron chi connectivity index (χ2n) is 5.05. The summed E-state index contributed by atoms with van der Waals surface area (Å²) in [4.78, 5) is 21.4. The number of amides is 1. The van der Waals surface area contributed by atoms with E-state index >= 15 is 0 Å². The summed E-state index contributed by atoms with van der Waals surface area (Å²) in [7, 11) is 0. The number of aliphatic hydroxyl groups excluding tert-OH is 1. The summed E-state index contributed by atoms with van der Waals surface area (Å²) in [5, 5.41) is 12.8. The lowest BCUT2D eigenvalue weighted by Crippen LogP contribution is -2.52. The molecule has 0 bridgehead atoms. The molecule has 1 amide bonds. The van der Waals surface area contributed by atoms with Gasteiger partial charge in [0.2, 0.25) is 5.91 Å². The van der Waals surface area contributed by atoms with Crippen LogP contribution in [0.3, 0.4) is 0 Å². The highest BCUT2D eigenvalue weighted by Gasteiger charge is 2.31. The Balaban J connectivity index is 1.67. The quantitative estimate of drug-likeness (QED) is 0.622. The highest BCUT2D eigenvalue weighted by atomic mass is 16.3. The maximum Gasteiger partial charge on any atom is 0.240 e. The molecule has 6 nitrogen and oxygen atoms in total. The highest BCUT2D eigenvalue weighted by molar-refractivity contribution is 5.82. The first-order valence-corrected chi connectivity index (χ1v) is 6.45. The number of imidazole rings is 1. The summed E-state index contributed by atoms with van der Waals surface area (Å²) in [5.74, 6) is 0.0856. The molecule has 2 atom stereocenters. The monoisotopic (exact) mass is 250 g/mol. The number of H-pyrrole nitrogens is 1. The van der Waals surface area contributed by atoms with Crippen molar-refractivity contribution in [2.24, 2.45) is 0 Å². The van der Waals surface area contributed by atoms with E-state index in [4.69, 9.17) is 0 Å². The summed E-state index contributed by atoms with van der Waals surface area (Å²) in [6.45, 7) is 1.87. The number of nitrogens with zero attached hydrogens (tertiary/aromatic N) is 2. The first-order valence-electron chi connectivity index (χ1n) is 6.45. The molecule has 0 spiro atoms. The van der Waals surface area contributed by atoms with Crippen LogP contribution in [0.5, 0.6) is 0 Å². The van der Waals surface area contributed by atoms with Gasteiger partial charge in [0.1, 0.15) is 0 Å². The Kier molecular flexibility index (Phi) is 3.05. The number of aliphatic hydroxyl groups is 1. The minimum atomic E-state index is -0.368. The van der Waals surface area contributed by atoms with Crippen molar-refractivity contribution in [2.45, 2.75) is 38.0 Å². The number of fused-ring (bicyclic) bond motifs is 1. The van der Waals surface area contributed by atoms with Gasteiger partial charge in [-0.15, -0.1) is 0 Å². The Labute approximate surface area is 105 Å². The molecule has 1 aromatic heterocycles. The zero-order valence-electron chi connectivity index (χ0n) is 10.2. The van der Waals surface area contributed by atoms with Gasteiger partial charge in [-0.25, -0.2) is 4.98 Å². The first-order chi connectivity index (χ1) is 8.74. The van der Waals surface area contributed by atoms with Gasteiger partial charge in [-0.1, -0.05) is 0 Å². The van der Waals surface area contributed by atoms with Crippen LogP contribution in [0.2, 0.25) is 0 Å². The lowest BCUT2D eigenvalue weighted by molar-refractivity contribution is -0.136. The average Bonchev–Trinajstić information content (AvgIpc) is 2.85. The van der Waals surface area contributed by atoms with Crippen LogP contribution in [0.25, 0.3) is 0 Å². The van der Waals surface area contributed by atoms with Gasteiger partial charge in [-0.3, -0.25) is 10.1 Å².